The molecule has 4 nitrogen and oxygen atoms in total. The molecule has 0 unspecified atom stereocenters. The van der Waals surface area contributed by atoms with E-state index in [2.05, 4.69) is 21.0 Å². The van der Waals surface area contributed by atoms with Gasteiger partial charge in [-0.3, -0.25) is 0 Å². The van der Waals surface area contributed by atoms with Crippen molar-refractivity contribution < 1.29 is 4.39 Å². The smallest absolute Gasteiger partial charge is 0.247 e. The van der Waals surface area contributed by atoms with Gasteiger partial charge in [0.2, 0.25) is 0 Å². The van der Waals surface area contributed by atoms with Crippen LogP contribution in [0.1, 0.15) is 19.9 Å². The molecule has 0 fully saturated rings. The zero-order chi connectivity index (χ0) is 12.6. The molecule has 17 heavy (non-hydrogen) atoms. The number of nitrogens with zero attached hydrogens (tertiary/aromatic N) is 3. The maximum atomic E-state index is 13.7. The van der Waals surface area contributed by atoms with Crippen LogP contribution in [0.4, 0.5) is 4.39 Å². The number of aromatic nitrogens is 3. The Labute approximate surface area is 106 Å². The van der Waals surface area contributed by atoms with Gasteiger partial charge in [0.15, 0.2) is 0 Å². The zero-order valence-corrected chi connectivity index (χ0v) is 11.0. The highest BCUT2D eigenvalue weighted by Gasteiger charge is 2.12. The maximum Gasteiger partial charge on any atom is 0.350 e. The lowest BCUT2D eigenvalue weighted by atomic mass is 10.3. The molecule has 0 radical (unpaired) electrons. The average Bonchev–Trinajstić information content (AvgIpc) is 2.60. The summed E-state index contributed by atoms with van der Waals surface area (Å²) >= 11 is 3.17. The molecule has 0 saturated heterocycles. The largest absolute Gasteiger partial charge is 0.350 e. The van der Waals surface area contributed by atoms with Gasteiger partial charge in [-0.15, -0.1) is 0 Å². The minimum Gasteiger partial charge on any atom is -0.247 e. The van der Waals surface area contributed by atoms with E-state index >= 15 is 0 Å². The Balaban J connectivity index is 2.58. The van der Waals surface area contributed by atoms with Crippen LogP contribution in [0.5, 0.6) is 0 Å². The molecule has 0 N–H and O–H groups in total. The highest BCUT2D eigenvalue weighted by molar-refractivity contribution is 9.10. The summed E-state index contributed by atoms with van der Waals surface area (Å²) < 4.78 is 16.8. The van der Waals surface area contributed by atoms with Crippen LogP contribution < -0.4 is 5.69 Å². The maximum absolute atomic E-state index is 13.7. The van der Waals surface area contributed by atoms with Crippen LogP contribution in [0.3, 0.4) is 0 Å². The number of rotatable bonds is 2. The van der Waals surface area contributed by atoms with E-state index in [-0.39, 0.29) is 17.4 Å². The van der Waals surface area contributed by atoms with Crippen molar-refractivity contribution in [2.45, 2.75) is 19.9 Å². The van der Waals surface area contributed by atoms with Crippen LogP contribution >= 0.6 is 15.9 Å². The summed E-state index contributed by atoms with van der Waals surface area (Å²) in [6.07, 6.45) is 1.33. The van der Waals surface area contributed by atoms with E-state index in [0.29, 0.717) is 4.47 Å². The van der Waals surface area contributed by atoms with Crippen molar-refractivity contribution in [3.63, 3.8) is 0 Å². The second-order valence-electron chi connectivity index (χ2n) is 3.92. The van der Waals surface area contributed by atoms with Crippen molar-refractivity contribution in [1.29, 1.82) is 0 Å². The van der Waals surface area contributed by atoms with E-state index in [1.165, 1.54) is 27.7 Å². The van der Waals surface area contributed by atoms with Gasteiger partial charge in [0.05, 0.1) is 11.7 Å². The molecule has 0 spiro atoms. The Bertz CT molecular complexity index is 603. The average molecular weight is 300 g/mol. The number of hydrogen-bond acceptors (Lipinski definition) is 2. The van der Waals surface area contributed by atoms with E-state index in [1.807, 2.05) is 13.8 Å². The third-order valence-electron chi connectivity index (χ3n) is 2.35. The van der Waals surface area contributed by atoms with Gasteiger partial charge in [0.25, 0.3) is 0 Å². The van der Waals surface area contributed by atoms with Crippen molar-refractivity contribution in [3.8, 4) is 5.69 Å². The normalized spacial score (nSPS) is 11.1. The van der Waals surface area contributed by atoms with Gasteiger partial charge < -0.3 is 0 Å². The molecule has 2 aromatic rings. The summed E-state index contributed by atoms with van der Waals surface area (Å²) in [6.45, 7) is 3.69. The Morgan fingerprint density at radius 2 is 2.12 bits per heavy atom. The van der Waals surface area contributed by atoms with E-state index in [9.17, 15) is 9.18 Å². The minimum atomic E-state index is -0.468. The third-order valence-corrected chi connectivity index (χ3v) is 2.85. The predicted molar refractivity (Wildman–Crippen MR) is 65.9 cm³/mol. The van der Waals surface area contributed by atoms with Gasteiger partial charge >= 0.3 is 5.69 Å². The summed E-state index contributed by atoms with van der Waals surface area (Å²) in [4.78, 5) is 11.9. The predicted octanol–water partition coefficient (Wildman–Crippen LogP) is 2.52. The van der Waals surface area contributed by atoms with E-state index < -0.39 is 5.82 Å². The molecule has 0 bridgehead atoms. The van der Waals surface area contributed by atoms with E-state index in [4.69, 9.17) is 0 Å². The van der Waals surface area contributed by atoms with Gasteiger partial charge in [0, 0.05) is 4.47 Å². The quantitative estimate of drug-likeness (QED) is 0.855. The van der Waals surface area contributed by atoms with Gasteiger partial charge in [-0.05, 0) is 32.0 Å². The monoisotopic (exact) mass is 299 g/mol. The molecular weight excluding hydrogens is 289 g/mol. The second-order valence-corrected chi connectivity index (χ2v) is 4.83. The van der Waals surface area contributed by atoms with Crippen LogP contribution in [-0.4, -0.2) is 14.3 Å². The molecule has 0 aliphatic rings. The first-order chi connectivity index (χ1) is 8.00. The lowest BCUT2D eigenvalue weighted by molar-refractivity contribution is 0.510. The number of halogens is 2. The van der Waals surface area contributed by atoms with Crippen LogP contribution in [0.2, 0.25) is 0 Å². The molecular formula is C11H11BrFN3O. The first-order valence-corrected chi connectivity index (χ1v) is 5.91. The molecule has 0 amide bonds. The van der Waals surface area contributed by atoms with Crippen molar-refractivity contribution in [3.05, 3.63) is 45.3 Å². The van der Waals surface area contributed by atoms with Gasteiger partial charge in [-0.2, -0.15) is 5.10 Å². The highest BCUT2D eigenvalue weighted by Crippen LogP contribution is 2.17. The Morgan fingerprint density at radius 1 is 1.41 bits per heavy atom. The molecule has 0 saturated carbocycles. The zero-order valence-electron chi connectivity index (χ0n) is 9.39. The summed E-state index contributed by atoms with van der Waals surface area (Å²) in [5.74, 6) is -0.468. The third kappa shape index (κ3) is 2.17. The van der Waals surface area contributed by atoms with E-state index in [1.54, 1.807) is 6.07 Å². The second kappa shape index (κ2) is 4.44. The van der Waals surface area contributed by atoms with Crippen LogP contribution in [0, 0.1) is 5.82 Å². The molecule has 0 aliphatic heterocycles. The molecule has 6 heteroatoms. The van der Waals surface area contributed by atoms with E-state index in [0.717, 1.165) is 0 Å². The molecule has 1 aromatic carbocycles. The fourth-order valence-corrected chi connectivity index (χ4v) is 1.85. The first kappa shape index (κ1) is 12.0. The Morgan fingerprint density at radius 3 is 2.65 bits per heavy atom. The van der Waals surface area contributed by atoms with Crippen molar-refractivity contribution in [1.82, 2.24) is 14.3 Å². The molecule has 1 aromatic heterocycles. The fourth-order valence-electron chi connectivity index (χ4n) is 1.51. The Kier molecular flexibility index (Phi) is 3.15. The molecule has 90 valence electrons. The topological polar surface area (TPSA) is 39.8 Å². The molecule has 0 aliphatic carbocycles. The molecule has 0 atom stereocenters. The highest BCUT2D eigenvalue weighted by atomic mass is 79.9. The summed E-state index contributed by atoms with van der Waals surface area (Å²) in [6, 6.07) is 4.47. The van der Waals surface area contributed by atoms with Gasteiger partial charge in [0.1, 0.15) is 12.1 Å². The summed E-state index contributed by atoms with van der Waals surface area (Å²) in [5.41, 5.74) is -0.147. The standard InChI is InChI=1S/C11H11BrFN3O/c1-7(2)16-11(17)15(6-14-16)10-4-3-8(12)5-9(10)13/h3-7H,1-2H3. The SMILES string of the molecule is CC(C)n1ncn(-c2ccc(Br)cc2F)c1=O. The van der Waals surface area contributed by atoms with Crippen molar-refractivity contribution in [2.75, 3.05) is 0 Å². The molecule has 1 heterocycles. The van der Waals surface area contributed by atoms with Crippen LogP contribution in [0.15, 0.2) is 33.8 Å². The Hall–Kier alpha value is -1.43. The number of benzene rings is 1. The molecule has 2 rings (SSSR count). The van der Waals surface area contributed by atoms with Crippen LogP contribution in [0.25, 0.3) is 5.69 Å². The van der Waals surface area contributed by atoms with Crippen molar-refractivity contribution in [2.24, 2.45) is 0 Å². The number of hydrogen-bond donors (Lipinski definition) is 0. The van der Waals surface area contributed by atoms with Gasteiger partial charge in [-0.1, -0.05) is 15.9 Å². The lowest BCUT2D eigenvalue weighted by Crippen LogP contribution is -2.25. The lowest BCUT2D eigenvalue weighted by Gasteiger charge is -2.04. The van der Waals surface area contributed by atoms with Crippen LogP contribution in [-0.2, 0) is 0 Å². The summed E-state index contributed by atoms with van der Waals surface area (Å²) in [7, 11) is 0. The minimum absolute atomic E-state index is 0.0535. The van der Waals surface area contributed by atoms with Crippen molar-refractivity contribution >= 4 is 15.9 Å². The first-order valence-electron chi connectivity index (χ1n) is 5.12. The fraction of sp³-hybridized carbons (Fsp3) is 0.273. The summed E-state index contributed by atoms with van der Waals surface area (Å²) in [5, 5.41) is 3.94. The van der Waals surface area contributed by atoms with Gasteiger partial charge in [-0.25, -0.2) is 18.4 Å².